The van der Waals surface area contributed by atoms with Crippen molar-refractivity contribution in [3.05, 3.63) is 34.7 Å². The summed E-state index contributed by atoms with van der Waals surface area (Å²) in [7, 11) is 0. The predicted molar refractivity (Wildman–Crippen MR) is 57.4 cm³/mol. The van der Waals surface area contributed by atoms with Crippen LogP contribution in [0.5, 0.6) is 5.75 Å². The van der Waals surface area contributed by atoms with Gasteiger partial charge in [-0.2, -0.15) is 0 Å². The van der Waals surface area contributed by atoms with Gasteiger partial charge in [-0.05, 0) is 17.7 Å². The van der Waals surface area contributed by atoms with Crippen LogP contribution in [0.2, 0.25) is 0 Å². The third-order valence-corrected chi connectivity index (χ3v) is 1.87. The van der Waals surface area contributed by atoms with Crippen molar-refractivity contribution in [2.75, 3.05) is 6.61 Å². The van der Waals surface area contributed by atoms with E-state index in [0.717, 1.165) is 0 Å². The van der Waals surface area contributed by atoms with Gasteiger partial charge in [-0.15, -0.1) is 10.1 Å². The number of rotatable bonds is 6. The summed E-state index contributed by atoms with van der Waals surface area (Å²) in [4.78, 5) is 20.7. The maximum absolute atomic E-state index is 10.8. The SMILES string of the molecule is NNC(=O)COc1ccc(CN(O)N=O)cc1. The van der Waals surface area contributed by atoms with E-state index in [-0.39, 0.29) is 18.3 Å². The van der Waals surface area contributed by atoms with Gasteiger partial charge < -0.3 is 4.74 Å². The molecule has 17 heavy (non-hydrogen) atoms. The van der Waals surface area contributed by atoms with Crippen LogP contribution in [0.25, 0.3) is 0 Å². The number of ether oxygens (including phenoxy) is 1. The Morgan fingerprint density at radius 2 is 2.12 bits per heavy atom. The average Bonchev–Trinajstić information content (AvgIpc) is 2.37. The Labute approximate surface area is 96.8 Å². The van der Waals surface area contributed by atoms with Crippen LogP contribution in [0.4, 0.5) is 0 Å². The molecule has 4 N–H and O–H groups in total. The van der Waals surface area contributed by atoms with Crippen LogP contribution in [0.15, 0.2) is 29.6 Å². The van der Waals surface area contributed by atoms with Crippen LogP contribution in [0, 0.1) is 4.91 Å². The molecule has 0 atom stereocenters. The minimum Gasteiger partial charge on any atom is -0.484 e. The Balaban J connectivity index is 2.50. The predicted octanol–water partition coefficient (Wildman–Crippen LogP) is -0.0721. The second-order valence-electron chi connectivity index (χ2n) is 3.11. The summed E-state index contributed by atoms with van der Waals surface area (Å²) >= 11 is 0. The summed E-state index contributed by atoms with van der Waals surface area (Å²) < 4.78 is 5.09. The number of nitrogens with two attached hydrogens (primary N) is 1. The van der Waals surface area contributed by atoms with Crippen LogP contribution in [0.1, 0.15) is 5.56 Å². The van der Waals surface area contributed by atoms with Gasteiger partial charge in [0.15, 0.2) is 6.61 Å². The van der Waals surface area contributed by atoms with Crippen molar-refractivity contribution in [1.82, 2.24) is 10.6 Å². The number of amides is 1. The van der Waals surface area contributed by atoms with Crippen LogP contribution in [-0.2, 0) is 11.3 Å². The molecule has 0 aliphatic heterocycles. The summed E-state index contributed by atoms with van der Waals surface area (Å²) in [5, 5.41) is 11.4. The number of nitrogens with zero attached hydrogens (tertiary/aromatic N) is 2. The third kappa shape index (κ3) is 4.45. The van der Waals surface area contributed by atoms with Crippen molar-refractivity contribution < 1.29 is 14.7 Å². The van der Waals surface area contributed by atoms with Gasteiger partial charge >= 0.3 is 0 Å². The van der Waals surface area contributed by atoms with Gasteiger partial charge in [-0.1, -0.05) is 12.1 Å². The molecule has 1 rings (SSSR count). The molecule has 1 amide bonds. The summed E-state index contributed by atoms with van der Waals surface area (Å²) in [5.74, 6) is 4.91. The van der Waals surface area contributed by atoms with E-state index >= 15 is 0 Å². The van der Waals surface area contributed by atoms with Crippen LogP contribution in [-0.4, -0.2) is 22.9 Å². The number of carbonyl (C=O) groups is 1. The molecule has 0 saturated heterocycles. The molecule has 0 heterocycles. The topological polar surface area (TPSA) is 117 Å². The molecule has 1 aromatic rings. The third-order valence-electron chi connectivity index (χ3n) is 1.87. The van der Waals surface area contributed by atoms with Gasteiger partial charge in [0, 0.05) is 0 Å². The van der Waals surface area contributed by atoms with Crippen molar-refractivity contribution in [2.24, 2.45) is 11.1 Å². The summed E-state index contributed by atoms with van der Waals surface area (Å²) in [6.45, 7) is -0.203. The lowest BCUT2D eigenvalue weighted by Gasteiger charge is -2.08. The highest BCUT2D eigenvalue weighted by Gasteiger charge is 2.02. The van der Waals surface area contributed by atoms with Crippen LogP contribution >= 0.6 is 0 Å². The Hall–Kier alpha value is -2.19. The monoisotopic (exact) mass is 240 g/mol. The average molecular weight is 240 g/mol. The number of hydrogen-bond donors (Lipinski definition) is 3. The van der Waals surface area contributed by atoms with E-state index < -0.39 is 5.91 Å². The standard InChI is InChI=1S/C9H12N4O4/c10-11-9(14)6-17-8-3-1-7(2-4-8)5-13(16)12-15/h1-4,16H,5-6,10H2,(H,11,14). The fourth-order valence-electron chi connectivity index (χ4n) is 1.07. The van der Waals surface area contributed by atoms with Gasteiger partial charge in [0.2, 0.25) is 0 Å². The summed E-state index contributed by atoms with van der Waals surface area (Å²) in [5.41, 5.74) is 2.60. The van der Waals surface area contributed by atoms with Gasteiger partial charge in [0.25, 0.3) is 5.91 Å². The zero-order valence-corrected chi connectivity index (χ0v) is 8.87. The van der Waals surface area contributed by atoms with E-state index in [0.29, 0.717) is 11.3 Å². The molecular formula is C9H12N4O4. The molecule has 0 aromatic heterocycles. The molecule has 92 valence electrons. The lowest BCUT2D eigenvalue weighted by molar-refractivity contribution is -0.123. The Morgan fingerprint density at radius 3 is 2.65 bits per heavy atom. The molecule has 0 unspecified atom stereocenters. The van der Waals surface area contributed by atoms with E-state index in [1.54, 1.807) is 24.3 Å². The van der Waals surface area contributed by atoms with Crippen molar-refractivity contribution in [2.45, 2.75) is 6.54 Å². The minimum absolute atomic E-state index is 0.0208. The van der Waals surface area contributed by atoms with Crippen LogP contribution < -0.4 is 16.0 Å². The van der Waals surface area contributed by atoms with Crippen molar-refractivity contribution in [1.29, 1.82) is 0 Å². The van der Waals surface area contributed by atoms with E-state index in [1.165, 1.54) is 0 Å². The highest BCUT2D eigenvalue weighted by molar-refractivity contribution is 5.76. The number of hydrazine groups is 1. The molecule has 0 aliphatic rings. The number of benzene rings is 1. The van der Waals surface area contributed by atoms with E-state index in [9.17, 15) is 9.70 Å². The first-order valence-corrected chi connectivity index (χ1v) is 4.66. The molecule has 1 aromatic carbocycles. The van der Waals surface area contributed by atoms with Crippen molar-refractivity contribution >= 4 is 5.91 Å². The molecular weight excluding hydrogens is 228 g/mol. The van der Waals surface area contributed by atoms with Gasteiger partial charge in [0.1, 0.15) is 5.75 Å². The Morgan fingerprint density at radius 1 is 1.47 bits per heavy atom. The number of carbonyl (C=O) groups excluding carboxylic acids is 1. The quantitative estimate of drug-likeness (QED) is 0.277. The molecule has 0 fully saturated rings. The first-order valence-electron chi connectivity index (χ1n) is 4.66. The lowest BCUT2D eigenvalue weighted by Crippen LogP contribution is -2.34. The Kier molecular flexibility index (Phi) is 4.85. The number of nitroso groups, excluding NO2 is 1. The second-order valence-corrected chi connectivity index (χ2v) is 3.11. The molecule has 0 aliphatic carbocycles. The molecule has 8 heteroatoms. The molecule has 0 spiro atoms. The van der Waals surface area contributed by atoms with Crippen LogP contribution in [0.3, 0.4) is 0 Å². The number of hydroxylamine groups is 1. The van der Waals surface area contributed by atoms with Gasteiger partial charge in [-0.3, -0.25) is 15.4 Å². The maximum atomic E-state index is 10.8. The smallest absolute Gasteiger partial charge is 0.271 e. The zero-order chi connectivity index (χ0) is 12.7. The number of hydrogen-bond acceptors (Lipinski definition) is 6. The highest BCUT2D eigenvalue weighted by atomic mass is 16.6. The van der Waals surface area contributed by atoms with Gasteiger partial charge in [-0.25, -0.2) is 5.84 Å². The largest absolute Gasteiger partial charge is 0.484 e. The van der Waals surface area contributed by atoms with Crippen molar-refractivity contribution in [3.63, 3.8) is 0 Å². The van der Waals surface area contributed by atoms with Crippen molar-refractivity contribution in [3.8, 4) is 5.75 Å². The van der Waals surface area contributed by atoms with E-state index in [2.05, 4.69) is 5.29 Å². The first-order chi connectivity index (χ1) is 8.15. The fraction of sp³-hybridized carbons (Fsp3) is 0.222. The maximum Gasteiger partial charge on any atom is 0.271 e. The lowest BCUT2D eigenvalue weighted by atomic mass is 10.2. The highest BCUT2D eigenvalue weighted by Crippen LogP contribution is 2.13. The number of nitrogens with one attached hydrogen (secondary N) is 1. The molecule has 0 saturated carbocycles. The minimum atomic E-state index is -0.444. The fourth-order valence-corrected chi connectivity index (χ4v) is 1.07. The van der Waals surface area contributed by atoms with E-state index in [1.807, 2.05) is 5.43 Å². The summed E-state index contributed by atoms with van der Waals surface area (Å²) in [6.07, 6.45) is 0. The Bertz CT molecular complexity index is 381. The van der Waals surface area contributed by atoms with E-state index in [4.69, 9.17) is 15.8 Å². The normalized spacial score (nSPS) is 9.53. The molecule has 0 radical (unpaired) electrons. The molecule has 8 nitrogen and oxygen atoms in total. The first kappa shape index (κ1) is 12.9. The second kappa shape index (κ2) is 6.40. The molecule has 0 bridgehead atoms. The van der Waals surface area contributed by atoms with Gasteiger partial charge in [0.05, 0.1) is 11.8 Å². The summed E-state index contributed by atoms with van der Waals surface area (Å²) in [6, 6.07) is 6.45. The zero-order valence-electron chi connectivity index (χ0n) is 8.87.